The smallest absolute Gasteiger partial charge is 0.276 e. The lowest BCUT2D eigenvalue weighted by molar-refractivity contribution is 0.0687. The van der Waals surface area contributed by atoms with Gasteiger partial charge in [-0.3, -0.25) is 4.79 Å². The predicted octanol–water partition coefficient (Wildman–Crippen LogP) is 2.35. The fraction of sp³-hybridized carbons (Fsp3) is 0.412. The molecule has 9 heteroatoms. The number of amides is 1. The van der Waals surface area contributed by atoms with Gasteiger partial charge in [0.25, 0.3) is 5.91 Å². The molecule has 1 aliphatic carbocycles. The number of halogens is 1. The number of piperazine rings is 1. The van der Waals surface area contributed by atoms with E-state index in [2.05, 4.69) is 5.16 Å². The number of rotatable bonds is 4. The Kier molecular flexibility index (Phi) is 4.50. The van der Waals surface area contributed by atoms with E-state index in [1.54, 1.807) is 29.2 Å². The molecule has 1 saturated carbocycles. The Morgan fingerprint density at radius 3 is 2.50 bits per heavy atom. The maximum absolute atomic E-state index is 12.8. The van der Waals surface area contributed by atoms with E-state index in [1.807, 2.05) is 0 Å². The quantitative estimate of drug-likeness (QED) is 0.793. The summed E-state index contributed by atoms with van der Waals surface area (Å²) in [6, 6.07) is 8.07. The summed E-state index contributed by atoms with van der Waals surface area (Å²) in [6.45, 7) is 1.03. The molecule has 1 amide bonds. The Balaban J connectivity index is 1.43. The van der Waals surface area contributed by atoms with E-state index < -0.39 is 10.0 Å². The molecule has 0 spiro atoms. The molecule has 1 aromatic carbocycles. The van der Waals surface area contributed by atoms with Gasteiger partial charge in [0.05, 0.1) is 5.02 Å². The van der Waals surface area contributed by atoms with Gasteiger partial charge in [0.1, 0.15) is 10.7 Å². The Labute approximate surface area is 156 Å². The molecule has 0 radical (unpaired) electrons. The zero-order valence-corrected chi connectivity index (χ0v) is 15.5. The molecule has 4 rings (SSSR count). The van der Waals surface area contributed by atoms with Crippen molar-refractivity contribution in [3.05, 3.63) is 46.8 Å². The highest BCUT2D eigenvalue weighted by atomic mass is 35.5. The monoisotopic (exact) mass is 395 g/mol. The van der Waals surface area contributed by atoms with E-state index in [-0.39, 0.29) is 34.6 Å². The van der Waals surface area contributed by atoms with Crippen LogP contribution in [0.1, 0.15) is 35.0 Å². The summed E-state index contributed by atoms with van der Waals surface area (Å²) in [5.74, 6) is 0.922. The van der Waals surface area contributed by atoms with Gasteiger partial charge in [0, 0.05) is 38.2 Å². The maximum atomic E-state index is 12.8. The van der Waals surface area contributed by atoms with Gasteiger partial charge in [-0.05, 0) is 25.0 Å². The van der Waals surface area contributed by atoms with Gasteiger partial charge in [-0.25, -0.2) is 8.42 Å². The van der Waals surface area contributed by atoms with Crippen LogP contribution in [-0.2, 0) is 10.0 Å². The van der Waals surface area contributed by atoms with Crippen molar-refractivity contribution >= 4 is 27.5 Å². The van der Waals surface area contributed by atoms with Crippen molar-refractivity contribution < 1.29 is 17.7 Å². The van der Waals surface area contributed by atoms with Crippen LogP contribution in [0.2, 0.25) is 5.02 Å². The van der Waals surface area contributed by atoms with Gasteiger partial charge in [-0.15, -0.1) is 0 Å². The number of hydrogen-bond acceptors (Lipinski definition) is 5. The van der Waals surface area contributed by atoms with E-state index in [0.717, 1.165) is 18.6 Å². The summed E-state index contributed by atoms with van der Waals surface area (Å²) in [4.78, 5) is 14.2. The zero-order chi connectivity index (χ0) is 18.3. The fourth-order valence-electron chi connectivity index (χ4n) is 3.04. The molecule has 0 atom stereocenters. The lowest BCUT2D eigenvalue weighted by Crippen LogP contribution is -2.50. The minimum absolute atomic E-state index is 0.0898. The molecule has 26 heavy (non-hydrogen) atoms. The molecule has 1 aromatic heterocycles. The van der Waals surface area contributed by atoms with Crippen molar-refractivity contribution in [1.29, 1.82) is 0 Å². The molecule has 1 aliphatic heterocycles. The van der Waals surface area contributed by atoms with Crippen molar-refractivity contribution in [1.82, 2.24) is 14.4 Å². The Morgan fingerprint density at radius 1 is 1.15 bits per heavy atom. The highest BCUT2D eigenvalue weighted by Crippen LogP contribution is 2.40. The Morgan fingerprint density at radius 2 is 1.85 bits per heavy atom. The van der Waals surface area contributed by atoms with Gasteiger partial charge < -0.3 is 9.42 Å². The van der Waals surface area contributed by atoms with Crippen LogP contribution in [0.25, 0.3) is 0 Å². The molecule has 2 fully saturated rings. The molecule has 2 aliphatic rings. The van der Waals surface area contributed by atoms with Crippen molar-refractivity contribution in [2.24, 2.45) is 0 Å². The topological polar surface area (TPSA) is 83.7 Å². The van der Waals surface area contributed by atoms with Crippen LogP contribution in [-0.4, -0.2) is 54.9 Å². The molecule has 1 saturated heterocycles. The minimum atomic E-state index is -3.68. The van der Waals surface area contributed by atoms with Crippen molar-refractivity contribution in [2.45, 2.75) is 23.7 Å². The van der Waals surface area contributed by atoms with E-state index in [1.165, 1.54) is 10.4 Å². The summed E-state index contributed by atoms with van der Waals surface area (Å²) in [5, 5.41) is 4.06. The van der Waals surface area contributed by atoms with E-state index in [4.69, 9.17) is 16.1 Å². The lowest BCUT2D eigenvalue weighted by Gasteiger charge is -2.33. The van der Waals surface area contributed by atoms with Crippen LogP contribution >= 0.6 is 11.6 Å². The highest BCUT2D eigenvalue weighted by molar-refractivity contribution is 7.89. The summed E-state index contributed by atoms with van der Waals surface area (Å²) < 4.78 is 32.1. The highest BCUT2D eigenvalue weighted by Gasteiger charge is 2.33. The average Bonchev–Trinajstić information content (AvgIpc) is 3.38. The molecular formula is C17H18ClN3O4S. The number of carbonyl (C=O) groups excluding carboxylic acids is 1. The SMILES string of the molecule is O=C(c1cc(C2CC2)on1)N1CCN(S(=O)(=O)c2ccccc2Cl)CC1. The largest absolute Gasteiger partial charge is 0.360 e. The lowest BCUT2D eigenvalue weighted by atomic mass is 10.2. The number of hydrogen-bond donors (Lipinski definition) is 0. The predicted molar refractivity (Wildman–Crippen MR) is 94.6 cm³/mol. The first kappa shape index (κ1) is 17.5. The number of benzene rings is 1. The van der Waals surface area contributed by atoms with Gasteiger partial charge >= 0.3 is 0 Å². The van der Waals surface area contributed by atoms with Gasteiger partial charge in [-0.1, -0.05) is 28.9 Å². The standard InChI is InChI=1S/C17H18ClN3O4S/c18-13-3-1-2-4-16(13)26(23,24)21-9-7-20(8-10-21)17(22)14-11-15(25-19-14)12-5-6-12/h1-4,11-12H,5-10H2. The Hall–Kier alpha value is -1.90. The first-order valence-corrected chi connectivity index (χ1v) is 10.3. The first-order chi connectivity index (χ1) is 12.5. The van der Waals surface area contributed by atoms with E-state index in [9.17, 15) is 13.2 Å². The van der Waals surface area contributed by atoms with Crippen molar-refractivity contribution in [3.8, 4) is 0 Å². The molecular weight excluding hydrogens is 378 g/mol. The number of nitrogens with zero attached hydrogens (tertiary/aromatic N) is 3. The van der Waals surface area contributed by atoms with E-state index in [0.29, 0.717) is 19.0 Å². The fourth-order valence-corrected chi connectivity index (χ4v) is 4.95. The normalized spacial score (nSPS) is 18.9. The summed E-state index contributed by atoms with van der Waals surface area (Å²) in [5.41, 5.74) is 0.286. The second-order valence-electron chi connectivity index (χ2n) is 6.52. The molecule has 0 unspecified atom stereocenters. The third-order valence-electron chi connectivity index (χ3n) is 4.71. The van der Waals surface area contributed by atoms with Gasteiger partial charge in [0.2, 0.25) is 10.0 Å². The number of carbonyl (C=O) groups is 1. The van der Waals surface area contributed by atoms with Crippen molar-refractivity contribution in [3.63, 3.8) is 0 Å². The third kappa shape index (κ3) is 3.24. The molecule has 2 aromatic rings. The second kappa shape index (κ2) is 6.68. The van der Waals surface area contributed by atoms with Crippen LogP contribution in [0, 0.1) is 0 Å². The van der Waals surface area contributed by atoms with Crippen LogP contribution in [0.15, 0.2) is 39.8 Å². The molecule has 2 heterocycles. The summed E-state index contributed by atoms with van der Waals surface area (Å²) in [7, 11) is -3.68. The maximum Gasteiger partial charge on any atom is 0.276 e. The van der Waals surface area contributed by atoms with E-state index >= 15 is 0 Å². The zero-order valence-electron chi connectivity index (χ0n) is 14.0. The molecule has 7 nitrogen and oxygen atoms in total. The third-order valence-corrected chi connectivity index (χ3v) is 7.11. The molecule has 0 bridgehead atoms. The number of aromatic nitrogens is 1. The average molecular weight is 396 g/mol. The molecule has 138 valence electrons. The van der Waals surface area contributed by atoms with Gasteiger partial charge in [0.15, 0.2) is 5.69 Å². The Bertz CT molecular complexity index is 931. The first-order valence-electron chi connectivity index (χ1n) is 8.47. The number of sulfonamides is 1. The van der Waals surface area contributed by atoms with Crippen LogP contribution < -0.4 is 0 Å². The minimum Gasteiger partial charge on any atom is -0.360 e. The van der Waals surface area contributed by atoms with Crippen LogP contribution in [0.3, 0.4) is 0 Å². The summed E-state index contributed by atoms with van der Waals surface area (Å²) >= 11 is 6.03. The van der Waals surface area contributed by atoms with Crippen molar-refractivity contribution in [2.75, 3.05) is 26.2 Å². The molecule has 0 N–H and O–H groups in total. The second-order valence-corrected chi connectivity index (χ2v) is 8.83. The van der Waals surface area contributed by atoms with Crippen LogP contribution in [0.4, 0.5) is 0 Å². The van der Waals surface area contributed by atoms with Crippen LogP contribution in [0.5, 0.6) is 0 Å². The summed E-state index contributed by atoms with van der Waals surface area (Å²) in [6.07, 6.45) is 2.14. The van der Waals surface area contributed by atoms with Gasteiger partial charge in [-0.2, -0.15) is 4.31 Å².